The number of carbonyl (C=O) groups excluding carboxylic acids is 1. The first-order valence-corrected chi connectivity index (χ1v) is 9.38. The topological polar surface area (TPSA) is 50.8 Å². The van der Waals surface area contributed by atoms with Gasteiger partial charge in [0.05, 0.1) is 20.8 Å². The Bertz CT molecular complexity index is 735. The summed E-state index contributed by atoms with van der Waals surface area (Å²) in [6.07, 6.45) is 0.782. The van der Waals surface area contributed by atoms with Crippen molar-refractivity contribution in [2.24, 2.45) is 0 Å². The van der Waals surface area contributed by atoms with E-state index in [1.807, 2.05) is 49.4 Å². The van der Waals surface area contributed by atoms with Crippen molar-refractivity contribution in [3.63, 3.8) is 0 Å². The molecule has 0 fully saturated rings. The van der Waals surface area contributed by atoms with E-state index in [1.165, 1.54) is 0 Å². The molecule has 0 atom stereocenters. The molecule has 1 amide bonds. The fourth-order valence-corrected chi connectivity index (χ4v) is 2.90. The molecule has 2 aromatic rings. The zero-order valence-corrected chi connectivity index (χ0v) is 16.9. The van der Waals surface area contributed by atoms with Gasteiger partial charge >= 0.3 is 0 Å². The Labute approximate surface area is 166 Å². The van der Waals surface area contributed by atoms with Crippen LogP contribution in [0.3, 0.4) is 0 Å². The number of benzene rings is 2. The molecule has 2 aromatic carbocycles. The highest BCUT2D eigenvalue weighted by Crippen LogP contribution is 2.28. The summed E-state index contributed by atoms with van der Waals surface area (Å²) in [5, 5.41) is 3.70. The van der Waals surface area contributed by atoms with E-state index in [0.717, 1.165) is 29.1 Å². The van der Waals surface area contributed by atoms with Crippen molar-refractivity contribution in [3.8, 4) is 11.5 Å². The highest BCUT2D eigenvalue weighted by molar-refractivity contribution is 6.30. The van der Waals surface area contributed by atoms with Gasteiger partial charge in [-0.2, -0.15) is 0 Å². The number of methoxy groups -OCH3 is 2. The lowest BCUT2D eigenvalue weighted by atomic mass is 10.1. The van der Waals surface area contributed by atoms with Crippen LogP contribution in [0.4, 0.5) is 0 Å². The van der Waals surface area contributed by atoms with Gasteiger partial charge in [-0.15, -0.1) is 0 Å². The maximum Gasteiger partial charge on any atom is 0.234 e. The molecule has 1 N–H and O–H groups in total. The number of halogens is 1. The third-order valence-corrected chi connectivity index (χ3v) is 4.57. The standard InChI is InChI=1S/C21H27ClN2O3/c1-4-24(14-17-7-10-19(26-2)20(13-17)27-3)15-21(25)23-12-11-16-5-8-18(22)9-6-16/h5-10,13H,4,11-12,14-15H2,1-3H3,(H,23,25). The van der Waals surface area contributed by atoms with Crippen LogP contribution in [0, 0.1) is 0 Å². The Balaban J connectivity index is 1.83. The van der Waals surface area contributed by atoms with Gasteiger partial charge in [-0.3, -0.25) is 9.69 Å². The first kappa shape index (κ1) is 21.1. The van der Waals surface area contributed by atoms with E-state index in [-0.39, 0.29) is 5.91 Å². The molecule has 0 saturated heterocycles. The predicted octanol–water partition coefficient (Wildman–Crippen LogP) is 3.54. The van der Waals surface area contributed by atoms with Crippen LogP contribution in [0.25, 0.3) is 0 Å². The average Bonchev–Trinajstić information content (AvgIpc) is 2.68. The minimum absolute atomic E-state index is 0.0197. The summed E-state index contributed by atoms with van der Waals surface area (Å²) in [4.78, 5) is 14.3. The normalized spacial score (nSPS) is 10.7. The number of amides is 1. The average molecular weight is 391 g/mol. The number of nitrogens with zero attached hydrogens (tertiary/aromatic N) is 1. The van der Waals surface area contributed by atoms with Crippen molar-refractivity contribution in [1.29, 1.82) is 0 Å². The van der Waals surface area contributed by atoms with Crippen molar-refractivity contribution in [2.45, 2.75) is 19.9 Å². The van der Waals surface area contributed by atoms with Gasteiger partial charge in [0.15, 0.2) is 11.5 Å². The van der Waals surface area contributed by atoms with Crippen LogP contribution in [0.1, 0.15) is 18.1 Å². The summed E-state index contributed by atoms with van der Waals surface area (Å²) in [5.74, 6) is 1.41. The summed E-state index contributed by atoms with van der Waals surface area (Å²) in [6, 6.07) is 13.5. The third-order valence-electron chi connectivity index (χ3n) is 4.32. The van der Waals surface area contributed by atoms with E-state index in [2.05, 4.69) is 10.2 Å². The molecule has 0 heterocycles. The Kier molecular flexibility index (Phi) is 8.43. The molecule has 0 spiro atoms. The molecule has 0 radical (unpaired) electrons. The first-order chi connectivity index (χ1) is 13.0. The molecule has 0 aromatic heterocycles. The molecule has 2 rings (SSSR count). The number of nitrogens with one attached hydrogen (secondary N) is 1. The van der Waals surface area contributed by atoms with E-state index in [9.17, 15) is 4.79 Å². The van der Waals surface area contributed by atoms with Crippen LogP contribution >= 0.6 is 11.6 Å². The Morgan fingerprint density at radius 2 is 1.70 bits per heavy atom. The summed E-state index contributed by atoms with van der Waals surface area (Å²) in [5.41, 5.74) is 2.22. The monoisotopic (exact) mass is 390 g/mol. The zero-order valence-electron chi connectivity index (χ0n) is 16.1. The lowest BCUT2D eigenvalue weighted by molar-refractivity contribution is -0.122. The molecule has 0 aliphatic carbocycles. The lowest BCUT2D eigenvalue weighted by Crippen LogP contribution is -2.37. The van der Waals surface area contributed by atoms with Crippen molar-refractivity contribution < 1.29 is 14.3 Å². The summed E-state index contributed by atoms with van der Waals surface area (Å²) >= 11 is 5.88. The molecule has 146 valence electrons. The van der Waals surface area contributed by atoms with Crippen LogP contribution in [-0.2, 0) is 17.8 Å². The minimum atomic E-state index is 0.0197. The van der Waals surface area contributed by atoms with Crippen molar-refractivity contribution in [2.75, 3.05) is 33.9 Å². The molecule has 0 saturated carbocycles. The van der Waals surface area contributed by atoms with E-state index in [1.54, 1.807) is 14.2 Å². The van der Waals surface area contributed by atoms with Crippen molar-refractivity contribution >= 4 is 17.5 Å². The van der Waals surface area contributed by atoms with Gasteiger partial charge in [-0.25, -0.2) is 0 Å². The summed E-state index contributed by atoms with van der Waals surface area (Å²) in [7, 11) is 3.23. The maximum atomic E-state index is 12.3. The van der Waals surface area contributed by atoms with Crippen LogP contribution < -0.4 is 14.8 Å². The van der Waals surface area contributed by atoms with E-state index in [4.69, 9.17) is 21.1 Å². The van der Waals surface area contributed by atoms with Crippen LogP contribution in [0.2, 0.25) is 5.02 Å². The summed E-state index contributed by atoms with van der Waals surface area (Å²) < 4.78 is 10.6. The molecule has 27 heavy (non-hydrogen) atoms. The molecule has 6 heteroatoms. The van der Waals surface area contributed by atoms with Gasteiger partial charge in [0.1, 0.15) is 0 Å². The van der Waals surface area contributed by atoms with Crippen molar-refractivity contribution in [3.05, 3.63) is 58.6 Å². The fourth-order valence-electron chi connectivity index (χ4n) is 2.77. The predicted molar refractivity (Wildman–Crippen MR) is 109 cm³/mol. The van der Waals surface area contributed by atoms with Gasteiger partial charge in [0.2, 0.25) is 5.91 Å². The molecule has 0 aliphatic heterocycles. The lowest BCUT2D eigenvalue weighted by Gasteiger charge is -2.20. The van der Waals surface area contributed by atoms with Gasteiger partial charge in [-0.05, 0) is 48.4 Å². The Morgan fingerprint density at radius 1 is 1.04 bits per heavy atom. The quantitative estimate of drug-likeness (QED) is 0.674. The number of likely N-dealkylation sites (N-methyl/N-ethyl adjacent to an activating group) is 1. The number of ether oxygens (including phenoxy) is 2. The third kappa shape index (κ3) is 6.77. The van der Waals surface area contributed by atoms with E-state index >= 15 is 0 Å². The Morgan fingerprint density at radius 3 is 2.33 bits per heavy atom. The van der Waals surface area contributed by atoms with Gasteiger partial charge in [0, 0.05) is 18.1 Å². The highest BCUT2D eigenvalue weighted by atomic mass is 35.5. The second-order valence-corrected chi connectivity index (χ2v) is 6.66. The number of hydrogen-bond donors (Lipinski definition) is 1. The molecule has 0 bridgehead atoms. The second-order valence-electron chi connectivity index (χ2n) is 6.22. The zero-order chi connectivity index (χ0) is 19.6. The molecular weight excluding hydrogens is 364 g/mol. The smallest absolute Gasteiger partial charge is 0.234 e. The highest BCUT2D eigenvalue weighted by Gasteiger charge is 2.11. The number of carbonyl (C=O) groups is 1. The molecule has 5 nitrogen and oxygen atoms in total. The minimum Gasteiger partial charge on any atom is -0.493 e. The van der Waals surface area contributed by atoms with Crippen molar-refractivity contribution in [1.82, 2.24) is 10.2 Å². The molecule has 0 unspecified atom stereocenters. The first-order valence-electron chi connectivity index (χ1n) is 9.00. The van der Waals surface area contributed by atoms with Gasteiger partial charge < -0.3 is 14.8 Å². The van der Waals surface area contributed by atoms with E-state index in [0.29, 0.717) is 31.1 Å². The van der Waals surface area contributed by atoms with Crippen LogP contribution in [0.5, 0.6) is 11.5 Å². The molecule has 0 aliphatic rings. The number of hydrogen-bond acceptors (Lipinski definition) is 4. The Hall–Kier alpha value is -2.24. The number of rotatable bonds is 10. The largest absolute Gasteiger partial charge is 0.493 e. The second kappa shape index (κ2) is 10.8. The molecular formula is C21H27ClN2O3. The van der Waals surface area contributed by atoms with Crippen LogP contribution in [0.15, 0.2) is 42.5 Å². The van der Waals surface area contributed by atoms with Crippen LogP contribution in [-0.4, -0.2) is 44.7 Å². The summed E-state index contributed by atoms with van der Waals surface area (Å²) in [6.45, 7) is 4.45. The van der Waals surface area contributed by atoms with E-state index < -0.39 is 0 Å². The fraction of sp³-hybridized carbons (Fsp3) is 0.381. The maximum absolute atomic E-state index is 12.3. The van der Waals surface area contributed by atoms with Gasteiger partial charge in [-0.1, -0.05) is 36.7 Å². The van der Waals surface area contributed by atoms with Gasteiger partial charge in [0.25, 0.3) is 0 Å². The SMILES string of the molecule is CCN(CC(=O)NCCc1ccc(Cl)cc1)Cc1ccc(OC)c(OC)c1.